The number of unbranched alkanes of at least 4 members (excludes halogenated alkanes) is 11. The average molecular weight is 300 g/mol. The Morgan fingerprint density at radius 2 is 0.952 bits per heavy atom. The van der Waals surface area contributed by atoms with Crippen LogP contribution in [0.15, 0.2) is 0 Å². The molecule has 2 nitrogen and oxygen atoms in total. The molecule has 0 rings (SSSR count). The van der Waals surface area contributed by atoms with Crippen molar-refractivity contribution >= 4 is 0 Å². The summed E-state index contributed by atoms with van der Waals surface area (Å²) in [6, 6.07) is 0. The third-order valence-electron chi connectivity index (χ3n) is 4.62. The van der Waals surface area contributed by atoms with Crippen molar-refractivity contribution < 1.29 is 5.11 Å². The zero-order valence-corrected chi connectivity index (χ0v) is 14.8. The first-order chi connectivity index (χ1) is 10.2. The van der Waals surface area contributed by atoms with Gasteiger partial charge < -0.3 is 10.8 Å². The van der Waals surface area contributed by atoms with Gasteiger partial charge in [-0.2, -0.15) is 0 Å². The lowest BCUT2D eigenvalue weighted by atomic mass is 9.88. The Hall–Kier alpha value is -0.0800. The molecular formula is C19H41NO. The van der Waals surface area contributed by atoms with Crippen LogP contribution in [0.5, 0.6) is 0 Å². The summed E-state index contributed by atoms with van der Waals surface area (Å²) in [7, 11) is 0. The van der Waals surface area contributed by atoms with Gasteiger partial charge in [0.05, 0.1) is 6.61 Å². The molecule has 0 heterocycles. The standard InChI is InChI=1S/C19H41NO/c1-3-5-7-9-10-11-12-13-15-17-19(20,18-21)16-14-8-6-4-2/h21H,3-18,20H2,1-2H3. The molecule has 0 radical (unpaired) electrons. The second-order valence-corrected chi connectivity index (χ2v) is 6.91. The number of aliphatic hydroxyl groups excluding tert-OH is 1. The molecule has 21 heavy (non-hydrogen) atoms. The third kappa shape index (κ3) is 13.3. The molecule has 0 spiro atoms. The van der Waals surface area contributed by atoms with Crippen LogP contribution in [0, 0.1) is 0 Å². The van der Waals surface area contributed by atoms with Crippen molar-refractivity contribution in [1.82, 2.24) is 0 Å². The molecule has 3 N–H and O–H groups in total. The second-order valence-electron chi connectivity index (χ2n) is 6.91. The Bertz CT molecular complexity index is 208. The monoisotopic (exact) mass is 299 g/mol. The SMILES string of the molecule is CCCCCCCCCCCC(N)(CO)CCCCCC. The molecule has 0 aromatic rings. The Morgan fingerprint density at radius 1 is 0.619 bits per heavy atom. The van der Waals surface area contributed by atoms with Gasteiger partial charge in [0.15, 0.2) is 0 Å². The smallest absolute Gasteiger partial charge is 0.0611 e. The zero-order valence-electron chi connectivity index (χ0n) is 14.8. The van der Waals surface area contributed by atoms with E-state index in [1.165, 1.54) is 83.5 Å². The molecule has 0 aliphatic carbocycles. The topological polar surface area (TPSA) is 46.2 Å². The molecule has 0 bridgehead atoms. The number of nitrogens with two attached hydrogens (primary N) is 1. The summed E-state index contributed by atoms with van der Waals surface area (Å²) >= 11 is 0. The molecule has 0 fully saturated rings. The van der Waals surface area contributed by atoms with Gasteiger partial charge in [0.2, 0.25) is 0 Å². The lowest BCUT2D eigenvalue weighted by Gasteiger charge is -2.27. The van der Waals surface area contributed by atoms with Gasteiger partial charge in [0, 0.05) is 5.54 Å². The van der Waals surface area contributed by atoms with Gasteiger partial charge in [0.1, 0.15) is 0 Å². The summed E-state index contributed by atoms with van der Waals surface area (Å²) in [5.41, 5.74) is 6.01. The number of rotatable bonds is 16. The Labute approximate surface area is 133 Å². The highest BCUT2D eigenvalue weighted by molar-refractivity contribution is 4.83. The lowest BCUT2D eigenvalue weighted by molar-refractivity contribution is 0.171. The van der Waals surface area contributed by atoms with Crippen LogP contribution in [0.4, 0.5) is 0 Å². The van der Waals surface area contributed by atoms with Crippen molar-refractivity contribution in [2.75, 3.05) is 6.61 Å². The van der Waals surface area contributed by atoms with E-state index >= 15 is 0 Å². The van der Waals surface area contributed by atoms with Gasteiger partial charge in [-0.05, 0) is 12.8 Å². The van der Waals surface area contributed by atoms with Crippen LogP contribution in [-0.2, 0) is 0 Å². The quantitative estimate of drug-likeness (QED) is 0.366. The minimum absolute atomic E-state index is 0.149. The number of aliphatic hydroxyl groups is 1. The number of hydrogen-bond acceptors (Lipinski definition) is 2. The maximum Gasteiger partial charge on any atom is 0.0611 e. The lowest BCUT2D eigenvalue weighted by Crippen LogP contribution is -2.43. The first-order valence-corrected chi connectivity index (χ1v) is 9.58. The van der Waals surface area contributed by atoms with Crippen molar-refractivity contribution in [2.24, 2.45) is 5.73 Å². The summed E-state index contributed by atoms with van der Waals surface area (Å²) in [6.45, 7) is 4.64. The zero-order chi connectivity index (χ0) is 15.8. The van der Waals surface area contributed by atoms with E-state index in [4.69, 9.17) is 5.73 Å². The van der Waals surface area contributed by atoms with Crippen molar-refractivity contribution in [3.05, 3.63) is 0 Å². The normalized spacial score (nSPS) is 14.3. The van der Waals surface area contributed by atoms with Crippen LogP contribution in [0.1, 0.15) is 110 Å². The minimum atomic E-state index is -0.311. The fourth-order valence-corrected chi connectivity index (χ4v) is 2.97. The highest BCUT2D eigenvalue weighted by atomic mass is 16.3. The van der Waals surface area contributed by atoms with Gasteiger partial charge >= 0.3 is 0 Å². The van der Waals surface area contributed by atoms with Gasteiger partial charge in [-0.25, -0.2) is 0 Å². The molecule has 128 valence electrons. The van der Waals surface area contributed by atoms with Crippen LogP contribution in [-0.4, -0.2) is 17.3 Å². The predicted octanol–water partition coefficient (Wildman–Crippen LogP) is 5.57. The minimum Gasteiger partial charge on any atom is -0.394 e. The van der Waals surface area contributed by atoms with E-state index < -0.39 is 0 Å². The summed E-state index contributed by atoms with van der Waals surface area (Å²) in [5, 5.41) is 9.54. The van der Waals surface area contributed by atoms with Crippen LogP contribution < -0.4 is 5.73 Å². The molecular weight excluding hydrogens is 258 g/mol. The van der Waals surface area contributed by atoms with Gasteiger partial charge in [-0.15, -0.1) is 0 Å². The molecule has 2 heteroatoms. The molecule has 1 atom stereocenters. The molecule has 0 saturated heterocycles. The van der Waals surface area contributed by atoms with Gasteiger partial charge in [-0.1, -0.05) is 97.3 Å². The Morgan fingerprint density at radius 3 is 1.33 bits per heavy atom. The van der Waals surface area contributed by atoms with E-state index in [2.05, 4.69) is 13.8 Å². The maximum absolute atomic E-state index is 9.54. The predicted molar refractivity (Wildman–Crippen MR) is 94.6 cm³/mol. The van der Waals surface area contributed by atoms with Crippen LogP contribution in [0.2, 0.25) is 0 Å². The Kier molecular flexibility index (Phi) is 14.8. The van der Waals surface area contributed by atoms with E-state index in [0.717, 1.165) is 12.8 Å². The molecule has 0 saturated carbocycles. The largest absolute Gasteiger partial charge is 0.394 e. The molecule has 0 aromatic carbocycles. The van der Waals surface area contributed by atoms with Gasteiger partial charge in [0.25, 0.3) is 0 Å². The average Bonchev–Trinajstić information content (AvgIpc) is 2.50. The third-order valence-corrected chi connectivity index (χ3v) is 4.62. The summed E-state index contributed by atoms with van der Waals surface area (Å²) < 4.78 is 0. The summed E-state index contributed by atoms with van der Waals surface area (Å²) in [4.78, 5) is 0. The fourth-order valence-electron chi connectivity index (χ4n) is 2.97. The van der Waals surface area contributed by atoms with Crippen molar-refractivity contribution in [3.63, 3.8) is 0 Å². The summed E-state index contributed by atoms with van der Waals surface area (Å²) in [6.07, 6.45) is 19.1. The fraction of sp³-hybridized carbons (Fsp3) is 1.00. The molecule has 0 amide bonds. The van der Waals surface area contributed by atoms with Crippen molar-refractivity contribution in [1.29, 1.82) is 0 Å². The first kappa shape index (κ1) is 20.9. The Balaban J connectivity index is 3.48. The van der Waals surface area contributed by atoms with Crippen molar-refractivity contribution in [2.45, 2.75) is 116 Å². The van der Waals surface area contributed by atoms with E-state index in [0.29, 0.717) is 0 Å². The first-order valence-electron chi connectivity index (χ1n) is 9.58. The molecule has 0 aromatic heterocycles. The van der Waals surface area contributed by atoms with E-state index in [1.807, 2.05) is 0 Å². The molecule has 0 aliphatic heterocycles. The van der Waals surface area contributed by atoms with E-state index in [9.17, 15) is 5.11 Å². The van der Waals surface area contributed by atoms with Crippen molar-refractivity contribution in [3.8, 4) is 0 Å². The van der Waals surface area contributed by atoms with Crippen LogP contribution in [0.3, 0.4) is 0 Å². The molecule has 1 unspecified atom stereocenters. The second kappa shape index (κ2) is 14.8. The van der Waals surface area contributed by atoms with Gasteiger partial charge in [-0.3, -0.25) is 0 Å². The number of hydrogen-bond donors (Lipinski definition) is 2. The summed E-state index contributed by atoms with van der Waals surface area (Å²) in [5.74, 6) is 0. The highest BCUT2D eigenvalue weighted by Gasteiger charge is 2.22. The molecule has 0 aliphatic rings. The van der Waals surface area contributed by atoms with E-state index in [-0.39, 0.29) is 12.1 Å². The van der Waals surface area contributed by atoms with Crippen LogP contribution in [0.25, 0.3) is 0 Å². The van der Waals surface area contributed by atoms with E-state index in [1.54, 1.807) is 0 Å². The highest BCUT2D eigenvalue weighted by Crippen LogP contribution is 2.20. The maximum atomic E-state index is 9.54. The van der Waals surface area contributed by atoms with Crippen LogP contribution >= 0.6 is 0 Å².